The van der Waals surface area contributed by atoms with Crippen molar-refractivity contribution in [1.29, 1.82) is 0 Å². The Morgan fingerprint density at radius 2 is 2.00 bits per heavy atom. The van der Waals surface area contributed by atoms with Crippen molar-refractivity contribution in [2.24, 2.45) is 11.8 Å². The second-order valence-electron chi connectivity index (χ2n) is 7.05. The van der Waals surface area contributed by atoms with Gasteiger partial charge in [-0.25, -0.2) is 0 Å². The molecule has 2 atom stereocenters. The zero-order chi connectivity index (χ0) is 15.5. The molecule has 3 nitrogen and oxygen atoms in total. The molecule has 0 aliphatic heterocycles. The molecule has 22 heavy (non-hydrogen) atoms. The van der Waals surface area contributed by atoms with Gasteiger partial charge in [0.2, 0.25) is 0 Å². The zero-order valence-corrected chi connectivity index (χ0v) is 13.8. The van der Waals surface area contributed by atoms with Crippen molar-refractivity contribution < 1.29 is 5.11 Å². The van der Waals surface area contributed by atoms with Gasteiger partial charge in [-0.1, -0.05) is 12.5 Å². The average molecular weight is 300 g/mol. The van der Waals surface area contributed by atoms with Crippen LogP contribution in [0.2, 0.25) is 0 Å². The highest BCUT2D eigenvalue weighted by molar-refractivity contribution is 5.84. The summed E-state index contributed by atoms with van der Waals surface area (Å²) in [5.41, 5.74) is 5.16. The van der Waals surface area contributed by atoms with Crippen LogP contribution in [0.4, 0.5) is 0 Å². The normalized spacial score (nSPS) is 22.3. The third-order valence-corrected chi connectivity index (χ3v) is 5.04. The second-order valence-corrected chi connectivity index (χ2v) is 7.05. The number of aliphatic hydroxyl groups is 1. The Morgan fingerprint density at radius 3 is 2.82 bits per heavy atom. The third-order valence-electron chi connectivity index (χ3n) is 5.04. The Morgan fingerprint density at radius 1 is 1.18 bits per heavy atom. The van der Waals surface area contributed by atoms with Crippen LogP contribution in [0.25, 0.3) is 10.9 Å². The first kappa shape index (κ1) is 15.6. The van der Waals surface area contributed by atoms with Crippen molar-refractivity contribution in [3.63, 3.8) is 0 Å². The predicted molar refractivity (Wildman–Crippen MR) is 92.0 cm³/mol. The summed E-state index contributed by atoms with van der Waals surface area (Å²) >= 11 is 0. The summed E-state index contributed by atoms with van der Waals surface area (Å²) in [7, 11) is 0. The summed E-state index contributed by atoms with van der Waals surface area (Å²) < 4.78 is 0. The smallest absolute Gasteiger partial charge is 0.0461 e. The number of hydrogen-bond acceptors (Lipinski definition) is 2. The molecule has 0 unspecified atom stereocenters. The molecule has 0 radical (unpaired) electrons. The van der Waals surface area contributed by atoms with Crippen molar-refractivity contribution in [2.45, 2.75) is 46.1 Å². The molecule has 1 aromatic carbocycles. The number of H-pyrrole nitrogens is 1. The number of aryl methyl sites for hydroxylation is 2. The lowest BCUT2D eigenvalue weighted by atomic mass is 9.82. The number of nitrogens with one attached hydrogen (secondary N) is 2. The number of fused-ring (bicyclic) bond motifs is 1. The summed E-state index contributed by atoms with van der Waals surface area (Å²) in [6, 6.07) is 6.73. The fourth-order valence-electron chi connectivity index (χ4n) is 3.92. The Hall–Kier alpha value is -1.32. The summed E-state index contributed by atoms with van der Waals surface area (Å²) in [5, 5.41) is 14.2. The molecule has 3 heteroatoms. The Kier molecular flexibility index (Phi) is 4.84. The van der Waals surface area contributed by atoms with E-state index < -0.39 is 0 Å². The molecule has 1 aliphatic rings. The molecular weight excluding hydrogens is 272 g/mol. The molecule has 1 fully saturated rings. The van der Waals surface area contributed by atoms with E-state index in [0.29, 0.717) is 12.5 Å². The quantitative estimate of drug-likeness (QED) is 0.789. The van der Waals surface area contributed by atoms with Crippen molar-refractivity contribution >= 4 is 10.9 Å². The molecule has 3 N–H and O–H groups in total. The van der Waals surface area contributed by atoms with E-state index in [1.54, 1.807) is 0 Å². The Balaban J connectivity index is 1.56. The van der Waals surface area contributed by atoms with Crippen LogP contribution in [-0.4, -0.2) is 23.2 Å². The van der Waals surface area contributed by atoms with Crippen LogP contribution >= 0.6 is 0 Å². The van der Waals surface area contributed by atoms with Crippen LogP contribution in [0.5, 0.6) is 0 Å². The molecule has 1 aliphatic carbocycles. The van der Waals surface area contributed by atoms with Gasteiger partial charge >= 0.3 is 0 Å². The Bertz CT molecular complexity index is 632. The minimum atomic E-state index is 0.358. The number of aromatic nitrogens is 1. The van der Waals surface area contributed by atoms with Gasteiger partial charge < -0.3 is 15.4 Å². The number of aromatic amines is 1. The molecule has 0 spiro atoms. The summed E-state index contributed by atoms with van der Waals surface area (Å²) in [6.45, 7) is 6.64. The highest BCUT2D eigenvalue weighted by Crippen LogP contribution is 2.28. The van der Waals surface area contributed by atoms with Crippen LogP contribution in [0.15, 0.2) is 18.2 Å². The van der Waals surface area contributed by atoms with Gasteiger partial charge in [0.15, 0.2) is 0 Å². The van der Waals surface area contributed by atoms with Crippen LogP contribution in [0.3, 0.4) is 0 Å². The number of hydrogen-bond donors (Lipinski definition) is 3. The SMILES string of the molecule is Cc1cc(C)c2cc(CNC[C@H]3CCC[C@@H](CO)C3)[nH]c2c1. The Labute approximate surface area is 133 Å². The summed E-state index contributed by atoms with van der Waals surface area (Å²) in [4.78, 5) is 3.53. The van der Waals surface area contributed by atoms with Crippen molar-refractivity contribution in [3.05, 3.63) is 35.0 Å². The standard InChI is InChI=1S/C19H28N2O/c1-13-6-14(2)18-9-17(21-19(18)7-13)11-20-10-15-4-3-5-16(8-15)12-22/h6-7,9,15-16,20-22H,3-5,8,10-12H2,1-2H3/t15-,16+/m0/s1. The minimum absolute atomic E-state index is 0.358. The fraction of sp³-hybridized carbons (Fsp3) is 0.579. The monoisotopic (exact) mass is 300 g/mol. The van der Waals surface area contributed by atoms with Gasteiger partial charge in [-0.2, -0.15) is 0 Å². The van der Waals surface area contributed by atoms with Gasteiger partial charge in [-0.05, 0) is 74.8 Å². The molecule has 0 amide bonds. The first-order valence-electron chi connectivity index (χ1n) is 8.56. The highest BCUT2D eigenvalue weighted by Gasteiger charge is 2.20. The molecule has 0 saturated heterocycles. The molecule has 120 valence electrons. The lowest BCUT2D eigenvalue weighted by molar-refractivity contribution is 0.159. The van der Waals surface area contributed by atoms with Crippen LogP contribution in [0.1, 0.15) is 42.5 Å². The van der Waals surface area contributed by atoms with E-state index in [9.17, 15) is 5.11 Å². The number of aliphatic hydroxyl groups excluding tert-OH is 1. The first-order valence-corrected chi connectivity index (χ1v) is 8.56. The largest absolute Gasteiger partial charge is 0.396 e. The maximum Gasteiger partial charge on any atom is 0.0461 e. The topological polar surface area (TPSA) is 48.0 Å². The zero-order valence-electron chi connectivity index (χ0n) is 13.8. The lowest BCUT2D eigenvalue weighted by Gasteiger charge is -2.28. The number of benzene rings is 1. The van der Waals surface area contributed by atoms with E-state index in [-0.39, 0.29) is 0 Å². The minimum Gasteiger partial charge on any atom is -0.396 e. The molecule has 2 aromatic rings. The highest BCUT2D eigenvalue weighted by atomic mass is 16.3. The fourth-order valence-corrected chi connectivity index (χ4v) is 3.92. The van der Waals surface area contributed by atoms with Gasteiger partial charge in [0.1, 0.15) is 0 Å². The molecule has 1 saturated carbocycles. The van der Waals surface area contributed by atoms with E-state index in [1.807, 2.05) is 0 Å². The lowest BCUT2D eigenvalue weighted by Crippen LogP contribution is -2.28. The third kappa shape index (κ3) is 3.53. The van der Waals surface area contributed by atoms with Crippen molar-refractivity contribution in [3.8, 4) is 0 Å². The molecular formula is C19H28N2O. The maximum atomic E-state index is 9.32. The van der Waals surface area contributed by atoms with E-state index in [2.05, 4.69) is 42.3 Å². The second kappa shape index (κ2) is 6.84. The molecule has 0 bridgehead atoms. The maximum absolute atomic E-state index is 9.32. The van der Waals surface area contributed by atoms with Crippen molar-refractivity contribution in [2.75, 3.05) is 13.2 Å². The van der Waals surface area contributed by atoms with Crippen LogP contribution in [0, 0.1) is 25.7 Å². The van der Waals surface area contributed by atoms with E-state index in [0.717, 1.165) is 19.0 Å². The van der Waals surface area contributed by atoms with Crippen LogP contribution < -0.4 is 5.32 Å². The van der Waals surface area contributed by atoms with Crippen molar-refractivity contribution in [1.82, 2.24) is 10.3 Å². The first-order chi connectivity index (χ1) is 10.7. The molecule has 3 rings (SSSR count). The van der Waals surface area contributed by atoms with Gasteiger partial charge in [0.25, 0.3) is 0 Å². The van der Waals surface area contributed by atoms with Gasteiger partial charge in [0.05, 0.1) is 0 Å². The molecule has 1 aromatic heterocycles. The number of rotatable bonds is 5. The van der Waals surface area contributed by atoms with Gasteiger partial charge in [0, 0.05) is 29.7 Å². The van der Waals surface area contributed by atoms with Gasteiger partial charge in [-0.3, -0.25) is 0 Å². The average Bonchev–Trinajstić information content (AvgIpc) is 2.90. The van der Waals surface area contributed by atoms with E-state index >= 15 is 0 Å². The van der Waals surface area contributed by atoms with Gasteiger partial charge in [-0.15, -0.1) is 0 Å². The van der Waals surface area contributed by atoms with E-state index in [4.69, 9.17) is 0 Å². The summed E-state index contributed by atoms with van der Waals surface area (Å²) in [6.07, 6.45) is 4.94. The predicted octanol–water partition coefficient (Wildman–Crippen LogP) is 3.67. The van der Waals surface area contributed by atoms with E-state index in [1.165, 1.54) is 53.4 Å². The summed E-state index contributed by atoms with van der Waals surface area (Å²) in [5.74, 6) is 1.25. The van der Waals surface area contributed by atoms with Crippen LogP contribution in [-0.2, 0) is 6.54 Å². The molecule has 1 heterocycles.